The molecule has 2 amide bonds. The zero-order valence-corrected chi connectivity index (χ0v) is 19.5. The third-order valence-electron chi connectivity index (χ3n) is 5.66. The Morgan fingerprint density at radius 1 is 0.882 bits per heavy atom. The first-order valence-corrected chi connectivity index (χ1v) is 11.5. The van der Waals surface area contributed by atoms with E-state index in [0.717, 1.165) is 22.4 Å². The summed E-state index contributed by atoms with van der Waals surface area (Å²) in [6, 6.07) is 26.3. The second kappa shape index (κ2) is 13.2. The Bertz CT molecular complexity index is 1020. The van der Waals surface area contributed by atoms with Crippen molar-refractivity contribution in [3.63, 3.8) is 0 Å². The van der Waals surface area contributed by atoms with E-state index in [1.54, 1.807) is 12.0 Å². The van der Waals surface area contributed by atoms with Gasteiger partial charge >= 0.3 is 0 Å². The fourth-order valence-corrected chi connectivity index (χ4v) is 3.82. The van der Waals surface area contributed by atoms with Gasteiger partial charge in [0, 0.05) is 25.9 Å². The van der Waals surface area contributed by atoms with E-state index in [2.05, 4.69) is 5.32 Å². The summed E-state index contributed by atoms with van der Waals surface area (Å²) in [5.41, 5.74) is 2.94. The molecule has 34 heavy (non-hydrogen) atoms. The number of hydrogen-bond donors (Lipinski definition) is 2. The van der Waals surface area contributed by atoms with Gasteiger partial charge in [0.2, 0.25) is 11.8 Å². The molecule has 0 aliphatic rings. The van der Waals surface area contributed by atoms with E-state index in [9.17, 15) is 14.7 Å². The molecule has 2 N–H and O–H groups in total. The van der Waals surface area contributed by atoms with Crippen LogP contribution in [0.3, 0.4) is 0 Å². The largest absolute Gasteiger partial charge is 0.497 e. The van der Waals surface area contributed by atoms with Crippen molar-refractivity contribution in [2.45, 2.75) is 31.8 Å². The number of aliphatic hydroxyl groups is 1. The number of methoxy groups -OCH3 is 1. The maximum Gasteiger partial charge on any atom is 0.243 e. The van der Waals surface area contributed by atoms with Gasteiger partial charge in [-0.3, -0.25) is 9.59 Å². The maximum atomic E-state index is 13.5. The summed E-state index contributed by atoms with van der Waals surface area (Å²) < 4.78 is 5.25. The Hall–Kier alpha value is -3.64. The van der Waals surface area contributed by atoms with Crippen molar-refractivity contribution in [3.05, 3.63) is 102 Å². The lowest BCUT2D eigenvalue weighted by Gasteiger charge is -2.31. The normalized spacial score (nSPS) is 11.5. The van der Waals surface area contributed by atoms with Crippen LogP contribution in [0.2, 0.25) is 0 Å². The fraction of sp³-hybridized carbons (Fsp3) is 0.286. The number of carbonyl (C=O) groups excluding carboxylic acids is 2. The summed E-state index contributed by atoms with van der Waals surface area (Å²) in [5.74, 6) is 0.353. The van der Waals surface area contributed by atoms with E-state index in [0.29, 0.717) is 25.8 Å². The maximum absolute atomic E-state index is 13.5. The van der Waals surface area contributed by atoms with Crippen molar-refractivity contribution in [2.24, 2.45) is 0 Å². The molecule has 3 rings (SSSR count). The number of ether oxygens (including phenoxy) is 1. The molecule has 0 aromatic heterocycles. The molecule has 0 unspecified atom stereocenters. The molecule has 178 valence electrons. The van der Waals surface area contributed by atoms with Gasteiger partial charge in [0.25, 0.3) is 0 Å². The van der Waals surface area contributed by atoms with Crippen LogP contribution in [0.1, 0.15) is 23.1 Å². The standard InChI is InChI=1S/C28H32N2O4/c1-34-25-15-12-24(13-16-25)21-30(27(32)17-14-22-8-4-2-5-9-22)26(28(33)29-18-19-31)20-23-10-6-3-7-11-23/h2-13,15-16,26,31H,14,17-21H2,1H3,(H,29,33)/t26-/m0/s1. The summed E-state index contributed by atoms with van der Waals surface area (Å²) in [6.07, 6.45) is 1.26. The lowest BCUT2D eigenvalue weighted by atomic mass is 10.0. The quantitative estimate of drug-likeness (QED) is 0.434. The van der Waals surface area contributed by atoms with E-state index < -0.39 is 6.04 Å². The first-order chi connectivity index (χ1) is 16.6. The van der Waals surface area contributed by atoms with Crippen molar-refractivity contribution in [1.82, 2.24) is 10.2 Å². The number of rotatable bonds is 12. The van der Waals surface area contributed by atoms with Crippen LogP contribution in [-0.2, 0) is 29.0 Å². The van der Waals surface area contributed by atoms with E-state index in [4.69, 9.17) is 4.74 Å². The molecule has 6 nitrogen and oxygen atoms in total. The molecule has 3 aromatic carbocycles. The smallest absolute Gasteiger partial charge is 0.243 e. The minimum absolute atomic E-state index is 0.0975. The van der Waals surface area contributed by atoms with Crippen LogP contribution in [0.15, 0.2) is 84.9 Å². The Labute approximate surface area is 201 Å². The number of carbonyl (C=O) groups is 2. The molecule has 3 aromatic rings. The average molecular weight is 461 g/mol. The van der Waals surface area contributed by atoms with Gasteiger partial charge in [-0.2, -0.15) is 0 Å². The van der Waals surface area contributed by atoms with Crippen LogP contribution in [0.25, 0.3) is 0 Å². The molecule has 0 bridgehead atoms. The van der Waals surface area contributed by atoms with Crippen molar-refractivity contribution < 1.29 is 19.4 Å². The highest BCUT2D eigenvalue weighted by molar-refractivity contribution is 5.88. The molecule has 0 aliphatic heterocycles. The Balaban J connectivity index is 1.88. The Kier molecular flexibility index (Phi) is 9.67. The van der Waals surface area contributed by atoms with Crippen molar-refractivity contribution >= 4 is 11.8 Å². The number of nitrogens with one attached hydrogen (secondary N) is 1. The second-order valence-corrected chi connectivity index (χ2v) is 8.08. The predicted octanol–water partition coefficient (Wildman–Crippen LogP) is 3.38. The number of nitrogens with zero attached hydrogens (tertiary/aromatic N) is 1. The third-order valence-corrected chi connectivity index (χ3v) is 5.66. The lowest BCUT2D eigenvalue weighted by Crippen LogP contribution is -2.51. The van der Waals surface area contributed by atoms with Gasteiger partial charge in [0.05, 0.1) is 13.7 Å². The molecule has 0 heterocycles. The molecular formula is C28H32N2O4. The summed E-state index contributed by atoms with van der Waals surface area (Å²) in [4.78, 5) is 28.4. The van der Waals surface area contributed by atoms with E-state index in [1.807, 2.05) is 84.9 Å². The molecule has 0 fully saturated rings. The first-order valence-electron chi connectivity index (χ1n) is 11.5. The molecule has 0 aliphatic carbocycles. The first kappa shape index (κ1) is 25.0. The van der Waals surface area contributed by atoms with Crippen LogP contribution in [0.4, 0.5) is 0 Å². The number of aryl methyl sites for hydroxylation is 1. The Morgan fingerprint density at radius 2 is 1.50 bits per heavy atom. The topological polar surface area (TPSA) is 78.9 Å². The lowest BCUT2D eigenvalue weighted by molar-refractivity contribution is -0.141. The number of amides is 2. The molecule has 0 saturated heterocycles. The number of hydrogen-bond acceptors (Lipinski definition) is 4. The monoisotopic (exact) mass is 460 g/mol. The Morgan fingerprint density at radius 3 is 2.09 bits per heavy atom. The molecule has 0 spiro atoms. The van der Waals surface area contributed by atoms with Crippen molar-refractivity contribution in [2.75, 3.05) is 20.3 Å². The van der Waals surface area contributed by atoms with Crippen molar-refractivity contribution in [3.8, 4) is 5.75 Å². The highest BCUT2D eigenvalue weighted by Gasteiger charge is 2.30. The molecule has 0 saturated carbocycles. The van der Waals surface area contributed by atoms with Gasteiger partial charge in [0.15, 0.2) is 0 Å². The fourth-order valence-electron chi connectivity index (χ4n) is 3.82. The predicted molar refractivity (Wildman–Crippen MR) is 132 cm³/mol. The van der Waals surface area contributed by atoms with E-state index in [-0.39, 0.29) is 25.0 Å². The van der Waals surface area contributed by atoms with Gasteiger partial charge < -0.3 is 20.1 Å². The minimum atomic E-state index is -0.709. The van der Waals surface area contributed by atoms with Gasteiger partial charge in [-0.1, -0.05) is 72.8 Å². The summed E-state index contributed by atoms with van der Waals surface area (Å²) in [5, 5.41) is 12.0. The number of benzene rings is 3. The van der Waals surface area contributed by atoms with Gasteiger partial charge in [-0.05, 0) is 35.2 Å². The van der Waals surface area contributed by atoms with Crippen LogP contribution >= 0.6 is 0 Å². The SMILES string of the molecule is COc1ccc(CN(C(=O)CCc2ccccc2)[C@@H](Cc2ccccc2)C(=O)NCCO)cc1. The summed E-state index contributed by atoms with van der Waals surface area (Å²) in [6.45, 7) is 0.268. The number of aliphatic hydroxyl groups excluding tert-OH is 1. The average Bonchev–Trinajstić information content (AvgIpc) is 2.89. The molecule has 0 radical (unpaired) electrons. The van der Waals surface area contributed by atoms with Crippen LogP contribution in [-0.4, -0.2) is 48.1 Å². The molecular weight excluding hydrogens is 428 g/mol. The molecule has 6 heteroatoms. The summed E-state index contributed by atoms with van der Waals surface area (Å²) in [7, 11) is 1.61. The highest BCUT2D eigenvalue weighted by Crippen LogP contribution is 2.19. The van der Waals surface area contributed by atoms with Gasteiger partial charge in [-0.25, -0.2) is 0 Å². The van der Waals surface area contributed by atoms with Crippen LogP contribution in [0, 0.1) is 0 Å². The van der Waals surface area contributed by atoms with Crippen LogP contribution < -0.4 is 10.1 Å². The van der Waals surface area contributed by atoms with Gasteiger partial charge in [0.1, 0.15) is 11.8 Å². The summed E-state index contributed by atoms with van der Waals surface area (Å²) >= 11 is 0. The minimum Gasteiger partial charge on any atom is -0.497 e. The van der Waals surface area contributed by atoms with E-state index in [1.165, 1.54) is 0 Å². The zero-order valence-electron chi connectivity index (χ0n) is 19.5. The van der Waals surface area contributed by atoms with Crippen LogP contribution in [0.5, 0.6) is 5.75 Å². The third kappa shape index (κ3) is 7.46. The van der Waals surface area contributed by atoms with Gasteiger partial charge in [-0.15, -0.1) is 0 Å². The van der Waals surface area contributed by atoms with Crippen molar-refractivity contribution in [1.29, 1.82) is 0 Å². The second-order valence-electron chi connectivity index (χ2n) is 8.08. The molecule has 1 atom stereocenters. The van der Waals surface area contributed by atoms with E-state index >= 15 is 0 Å². The highest BCUT2D eigenvalue weighted by atomic mass is 16.5. The zero-order chi connectivity index (χ0) is 24.2.